The summed E-state index contributed by atoms with van der Waals surface area (Å²) in [5.74, 6) is 0. The van der Waals surface area contributed by atoms with Crippen molar-refractivity contribution in [2.75, 3.05) is 0 Å². The lowest BCUT2D eigenvalue weighted by molar-refractivity contribution is -0.348. The molecule has 0 aliphatic rings. The molecule has 0 fully saturated rings. The number of hydrogen-bond donors (Lipinski definition) is 0. The first-order valence-electron chi connectivity index (χ1n) is 6.46. The van der Waals surface area contributed by atoms with Crippen LogP contribution in [0.25, 0.3) is 10.4 Å². The molecule has 0 saturated heterocycles. The van der Waals surface area contributed by atoms with Gasteiger partial charge in [0.1, 0.15) is 0 Å². The largest absolute Gasteiger partial charge is 0.435 e. The van der Waals surface area contributed by atoms with Crippen LogP contribution in [0.4, 0.5) is 30.7 Å². The van der Waals surface area contributed by atoms with E-state index in [1.807, 2.05) is 0 Å². The topological polar surface area (TPSA) is 25.8 Å². The fraction of sp³-hybridized carbons (Fsp3) is 0.429. The molecular weight excluding hydrogens is 361 g/mol. The molecule has 2 rings (SSSR count). The number of aromatic nitrogens is 2. The minimum Gasteiger partial charge on any atom is -0.218 e. The van der Waals surface area contributed by atoms with E-state index in [0.29, 0.717) is 17.6 Å². The number of alkyl halides is 7. The Balaban J connectivity index is 2.95. The third-order valence-corrected chi connectivity index (χ3v) is 4.27. The van der Waals surface area contributed by atoms with Gasteiger partial charge in [0.2, 0.25) is 0 Å². The molecule has 0 aliphatic heterocycles. The van der Waals surface area contributed by atoms with E-state index >= 15 is 0 Å². The van der Waals surface area contributed by atoms with Gasteiger partial charge in [0.15, 0.2) is 0 Å². The van der Waals surface area contributed by atoms with Crippen molar-refractivity contribution in [3.8, 4) is 10.4 Å². The molecule has 2 nitrogen and oxygen atoms in total. The summed E-state index contributed by atoms with van der Waals surface area (Å²) in [6.45, 7) is 3.87. The van der Waals surface area contributed by atoms with Crippen molar-refractivity contribution in [1.82, 2.24) is 9.59 Å². The van der Waals surface area contributed by atoms with E-state index in [0.717, 1.165) is 0 Å². The average molecular weight is 371 g/mol. The number of nitrogens with zero attached hydrogens (tertiary/aromatic N) is 2. The van der Waals surface area contributed by atoms with E-state index in [-0.39, 0.29) is 21.7 Å². The van der Waals surface area contributed by atoms with Gasteiger partial charge >= 0.3 is 18.0 Å². The fourth-order valence-electron chi connectivity index (χ4n) is 2.38. The zero-order chi connectivity index (χ0) is 18.5. The highest BCUT2D eigenvalue weighted by Gasteiger charge is 2.74. The maximum Gasteiger partial charge on any atom is 0.435 e. The number of benzene rings is 1. The zero-order valence-corrected chi connectivity index (χ0v) is 13.3. The Morgan fingerprint density at radius 1 is 0.958 bits per heavy atom. The molecule has 1 aromatic carbocycles. The molecule has 2 aromatic rings. The SMILES string of the molecule is Cc1[c]c(C)c(-c2snnc2C)c(C(F)(C(F)(F)F)C(F)(F)F)c1. The van der Waals surface area contributed by atoms with Crippen molar-refractivity contribution in [3.63, 3.8) is 0 Å². The Morgan fingerprint density at radius 2 is 1.50 bits per heavy atom. The Bertz CT molecular complexity index is 747. The quantitative estimate of drug-likeness (QED) is 0.677. The summed E-state index contributed by atoms with van der Waals surface area (Å²) in [6, 6.07) is 3.14. The maximum atomic E-state index is 14.6. The lowest BCUT2D eigenvalue weighted by Gasteiger charge is -2.32. The Morgan fingerprint density at radius 3 is 1.92 bits per heavy atom. The third-order valence-electron chi connectivity index (χ3n) is 3.42. The van der Waals surface area contributed by atoms with E-state index in [2.05, 4.69) is 15.7 Å². The van der Waals surface area contributed by atoms with Crippen molar-refractivity contribution in [2.45, 2.75) is 38.8 Å². The predicted molar refractivity (Wildman–Crippen MR) is 73.3 cm³/mol. The predicted octanol–water partition coefficient (Wildman–Crippen LogP) is 5.22. The second-order valence-electron chi connectivity index (χ2n) is 5.21. The standard InChI is InChI=1S/C14H10F7N2S/c1-6-4-7(2)10(11-8(3)22-23-24-11)9(5-6)12(15,13(16,17)18)14(19,20)21/h5H,1-3H3. The molecule has 1 aromatic heterocycles. The fourth-order valence-corrected chi connectivity index (χ4v) is 3.15. The van der Waals surface area contributed by atoms with Crippen molar-refractivity contribution in [3.05, 3.63) is 34.5 Å². The summed E-state index contributed by atoms with van der Waals surface area (Å²) < 4.78 is 96.9. The van der Waals surface area contributed by atoms with E-state index in [1.54, 1.807) is 0 Å². The van der Waals surface area contributed by atoms with Crippen LogP contribution in [0.5, 0.6) is 0 Å². The van der Waals surface area contributed by atoms with Gasteiger partial charge in [-0.05, 0) is 49.5 Å². The van der Waals surface area contributed by atoms with E-state index in [9.17, 15) is 30.7 Å². The van der Waals surface area contributed by atoms with E-state index < -0.39 is 29.1 Å². The molecule has 0 spiro atoms. The molecule has 0 amide bonds. The first-order valence-corrected chi connectivity index (χ1v) is 7.23. The average Bonchev–Trinajstić information content (AvgIpc) is 2.80. The van der Waals surface area contributed by atoms with Crippen LogP contribution in [0.3, 0.4) is 0 Å². The number of aryl methyl sites for hydroxylation is 3. The molecule has 24 heavy (non-hydrogen) atoms. The van der Waals surface area contributed by atoms with Gasteiger partial charge < -0.3 is 0 Å². The van der Waals surface area contributed by atoms with Crippen molar-refractivity contribution < 1.29 is 30.7 Å². The molecule has 0 bridgehead atoms. The monoisotopic (exact) mass is 371 g/mol. The van der Waals surface area contributed by atoms with Gasteiger partial charge in [-0.1, -0.05) is 10.6 Å². The van der Waals surface area contributed by atoms with Crippen LogP contribution in [-0.4, -0.2) is 21.9 Å². The van der Waals surface area contributed by atoms with Gasteiger partial charge in [-0.3, -0.25) is 0 Å². The van der Waals surface area contributed by atoms with Gasteiger partial charge in [0, 0.05) is 11.1 Å². The second-order valence-corrected chi connectivity index (χ2v) is 5.96. The van der Waals surface area contributed by atoms with E-state index in [1.165, 1.54) is 20.8 Å². The van der Waals surface area contributed by atoms with Crippen molar-refractivity contribution in [2.24, 2.45) is 0 Å². The lowest BCUT2D eigenvalue weighted by atomic mass is 9.85. The molecule has 131 valence electrons. The summed E-state index contributed by atoms with van der Waals surface area (Å²) in [7, 11) is 0. The highest BCUT2D eigenvalue weighted by atomic mass is 32.1. The summed E-state index contributed by atoms with van der Waals surface area (Å²) >= 11 is 0.592. The number of rotatable bonds is 2. The molecule has 0 aliphatic carbocycles. The van der Waals surface area contributed by atoms with E-state index in [4.69, 9.17) is 0 Å². The highest BCUT2D eigenvalue weighted by molar-refractivity contribution is 7.09. The van der Waals surface area contributed by atoms with Crippen molar-refractivity contribution >= 4 is 11.5 Å². The van der Waals surface area contributed by atoms with Crippen LogP contribution in [0.2, 0.25) is 0 Å². The van der Waals surface area contributed by atoms with Gasteiger partial charge in [-0.25, -0.2) is 4.39 Å². The van der Waals surface area contributed by atoms with Gasteiger partial charge in [0.05, 0.1) is 10.6 Å². The summed E-state index contributed by atoms with van der Waals surface area (Å²) in [5.41, 5.74) is -7.56. The Labute approximate surface area is 136 Å². The molecule has 1 heterocycles. The normalized spacial score (nSPS) is 13.4. The summed E-state index contributed by atoms with van der Waals surface area (Å²) in [5, 5.41) is 3.57. The molecule has 0 atom stereocenters. The van der Waals surface area contributed by atoms with Crippen LogP contribution in [-0.2, 0) is 5.67 Å². The number of hydrogen-bond acceptors (Lipinski definition) is 3. The molecule has 1 radical (unpaired) electrons. The Kier molecular flexibility index (Phi) is 4.41. The van der Waals surface area contributed by atoms with Gasteiger partial charge in [0.25, 0.3) is 0 Å². The van der Waals surface area contributed by atoms with Crippen LogP contribution in [0.1, 0.15) is 22.4 Å². The molecule has 0 saturated carbocycles. The lowest BCUT2D eigenvalue weighted by Crippen LogP contribution is -2.50. The molecule has 10 heteroatoms. The molecule has 0 unspecified atom stereocenters. The Hall–Kier alpha value is -1.71. The summed E-state index contributed by atoms with van der Waals surface area (Å²) in [4.78, 5) is -0.0609. The minimum atomic E-state index is -6.19. The van der Waals surface area contributed by atoms with Gasteiger partial charge in [-0.2, -0.15) is 26.3 Å². The van der Waals surface area contributed by atoms with Crippen LogP contribution >= 0.6 is 11.5 Å². The molecular formula is C14H10F7N2S. The minimum absolute atomic E-state index is 0.0445. The van der Waals surface area contributed by atoms with Crippen LogP contribution < -0.4 is 0 Å². The summed E-state index contributed by atoms with van der Waals surface area (Å²) in [6.07, 6.45) is -12.4. The number of halogens is 7. The zero-order valence-electron chi connectivity index (χ0n) is 12.5. The first kappa shape index (κ1) is 18.6. The second kappa shape index (κ2) is 5.68. The first-order chi connectivity index (χ1) is 10.8. The van der Waals surface area contributed by atoms with Crippen LogP contribution in [0.15, 0.2) is 6.07 Å². The maximum absolute atomic E-state index is 14.6. The van der Waals surface area contributed by atoms with Crippen molar-refractivity contribution in [1.29, 1.82) is 0 Å². The smallest absolute Gasteiger partial charge is 0.218 e. The van der Waals surface area contributed by atoms with Crippen LogP contribution in [0, 0.1) is 26.8 Å². The van der Waals surface area contributed by atoms with Gasteiger partial charge in [-0.15, -0.1) is 5.10 Å². The highest BCUT2D eigenvalue weighted by Crippen LogP contribution is 2.56. The molecule has 0 N–H and O–H groups in total. The third kappa shape index (κ3) is 2.76.